The minimum Gasteiger partial charge on any atom is -0.227 e. The zero-order chi connectivity index (χ0) is 15.0. The summed E-state index contributed by atoms with van der Waals surface area (Å²) in [5.74, 6) is 1.18. The molecule has 3 rings (SSSR count). The first-order valence-corrected chi connectivity index (χ1v) is 8.34. The molecule has 0 N–H and O–H groups in total. The van der Waals surface area contributed by atoms with Crippen molar-refractivity contribution in [3.63, 3.8) is 0 Å². The Morgan fingerprint density at radius 1 is 1.14 bits per heavy atom. The van der Waals surface area contributed by atoms with E-state index in [0.717, 1.165) is 28.0 Å². The van der Waals surface area contributed by atoms with Crippen molar-refractivity contribution in [2.24, 2.45) is 0 Å². The van der Waals surface area contributed by atoms with E-state index in [4.69, 9.17) is 11.6 Å². The zero-order valence-corrected chi connectivity index (χ0v) is 13.9. The van der Waals surface area contributed by atoms with Gasteiger partial charge in [-0.2, -0.15) is 0 Å². The van der Waals surface area contributed by atoms with E-state index in [1.807, 2.05) is 6.07 Å². The third-order valence-electron chi connectivity index (χ3n) is 3.57. The molecule has 0 atom stereocenters. The Balaban J connectivity index is 2.12. The summed E-state index contributed by atoms with van der Waals surface area (Å²) in [6, 6.07) is 10.5. The third kappa shape index (κ3) is 2.81. The lowest BCUT2D eigenvalue weighted by Crippen LogP contribution is -1.93. The highest BCUT2D eigenvalue weighted by Crippen LogP contribution is 2.31. The van der Waals surface area contributed by atoms with Gasteiger partial charge in [-0.25, -0.2) is 9.97 Å². The highest BCUT2D eigenvalue weighted by molar-refractivity contribution is 7.15. The summed E-state index contributed by atoms with van der Waals surface area (Å²) >= 11 is 8.11. The molecule has 0 fully saturated rings. The molecule has 1 aromatic carbocycles. The van der Waals surface area contributed by atoms with E-state index in [9.17, 15) is 0 Å². The monoisotopic (exact) mass is 316 g/mol. The third-order valence-corrected chi connectivity index (χ3v) is 5.08. The van der Waals surface area contributed by atoms with Gasteiger partial charge >= 0.3 is 0 Å². The van der Waals surface area contributed by atoms with Gasteiger partial charge in [0.05, 0.1) is 10.4 Å². The van der Waals surface area contributed by atoms with Crippen molar-refractivity contribution < 1.29 is 0 Å². The number of nitrogens with zero attached hydrogens (tertiary/aromatic N) is 2. The van der Waals surface area contributed by atoms with Gasteiger partial charge in [0.25, 0.3) is 0 Å². The summed E-state index contributed by atoms with van der Waals surface area (Å²) in [5, 5.41) is 1.46. The number of aromatic nitrogens is 2. The largest absolute Gasteiger partial charge is 0.227 e. The molecule has 0 radical (unpaired) electrons. The van der Waals surface area contributed by atoms with Crippen LogP contribution in [-0.4, -0.2) is 9.97 Å². The van der Waals surface area contributed by atoms with Gasteiger partial charge in [-0.15, -0.1) is 11.3 Å². The molecular weight excluding hydrogens is 300 g/mol. The van der Waals surface area contributed by atoms with Crippen LogP contribution in [0.2, 0.25) is 5.15 Å². The van der Waals surface area contributed by atoms with Crippen LogP contribution >= 0.6 is 22.9 Å². The lowest BCUT2D eigenvalue weighted by atomic mass is 10.0. The molecule has 2 nitrogen and oxygen atoms in total. The fraction of sp³-hybridized carbons (Fsp3) is 0.294. The summed E-state index contributed by atoms with van der Waals surface area (Å²) in [6.45, 7) is 6.49. The van der Waals surface area contributed by atoms with E-state index >= 15 is 0 Å². The van der Waals surface area contributed by atoms with Gasteiger partial charge in [-0.05, 0) is 42.2 Å². The molecule has 0 aliphatic rings. The minimum atomic E-state index is 0.467. The molecule has 0 spiro atoms. The second-order valence-electron chi connectivity index (χ2n) is 5.39. The number of rotatable bonds is 3. The summed E-state index contributed by atoms with van der Waals surface area (Å²) in [7, 11) is 0. The highest BCUT2D eigenvalue weighted by Gasteiger charge is 2.11. The number of halogens is 1. The van der Waals surface area contributed by atoms with Crippen molar-refractivity contribution in [3.05, 3.63) is 45.9 Å². The topological polar surface area (TPSA) is 25.8 Å². The second-order valence-corrected chi connectivity index (χ2v) is 6.92. The van der Waals surface area contributed by atoms with E-state index in [1.54, 1.807) is 11.3 Å². The first-order chi connectivity index (χ1) is 10.1. The molecular formula is C17H17ClN2S. The van der Waals surface area contributed by atoms with Crippen molar-refractivity contribution in [3.8, 4) is 10.7 Å². The molecule has 0 unspecified atom stereocenters. The van der Waals surface area contributed by atoms with E-state index in [-0.39, 0.29) is 0 Å². The van der Waals surface area contributed by atoms with Crippen molar-refractivity contribution in [1.29, 1.82) is 0 Å². The SMILES string of the molecule is CCc1ccc(-c2nc(Cl)c3cc(C(C)C)ccc3n2)s1. The van der Waals surface area contributed by atoms with Crippen LogP contribution in [0.1, 0.15) is 37.1 Å². The summed E-state index contributed by atoms with van der Waals surface area (Å²) in [5.41, 5.74) is 2.16. The molecule has 108 valence electrons. The highest BCUT2D eigenvalue weighted by atomic mass is 35.5. The number of fused-ring (bicyclic) bond motifs is 1. The van der Waals surface area contributed by atoms with Gasteiger partial charge in [0.2, 0.25) is 0 Å². The van der Waals surface area contributed by atoms with Gasteiger partial charge in [0, 0.05) is 10.3 Å². The van der Waals surface area contributed by atoms with Crippen LogP contribution < -0.4 is 0 Å². The molecule has 2 heterocycles. The Hall–Kier alpha value is -1.45. The summed E-state index contributed by atoms with van der Waals surface area (Å²) < 4.78 is 0. The van der Waals surface area contributed by atoms with Gasteiger partial charge < -0.3 is 0 Å². The quantitative estimate of drug-likeness (QED) is 0.579. The van der Waals surface area contributed by atoms with Crippen LogP contribution in [0.5, 0.6) is 0 Å². The molecule has 2 aromatic heterocycles. The van der Waals surface area contributed by atoms with Gasteiger partial charge in [0.1, 0.15) is 5.15 Å². The molecule has 4 heteroatoms. The molecule has 0 aliphatic carbocycles. The predicted octanol–water partition coefficient (Wildman–Crippen LogP) is 5.70. The van der Waals surface area contributed by atoms with Gasteiger partial charge in [0.15, 0.2) is 5.82 Å². The van der Waals surface area contributed by atoms with Gasteiger partial charge in [-0.3, -0.25) is 0 Å². The van der Waals surface area contributed by atoms with Gasteiger partial charge in [-0.1, -0.05) is 38.4 Å². The lowest BCUT2D eigenvalue weighted by Gasteiger charge is -2.08. The maximum absolute atomic E-state index is 6.38. The van der Waals surface area contributed by atoms with Crippen molar-refractivity contribution in [2.75, 3.05) is 0 Å². The van der Waals surface area contributed by atoms with Crippen molar-refractivity contribution >= 4 is 33.8 Å². The van der Waals surface area contributed by atoms with Crippen molar-refractivity contribution in [2.45, 2.75) is 33.1 Å². The zero-order valence-electron chi connectivity index (χ0n) is 12.4. The molecule has 0 bridgehead atoms. The second kappa shape index (κ2) is 5.74. The van der Waals surface area contributed by atoms with Crippen LogP contribution in [0, 0.1) is 0 Å². The van der Waals surface area contributed by atoms with Crippen LogP contribution in [0.15, 0.2) is 30.3 Å². The molecule has 3 aromatic rings. The number of hydrogen-bond acceptors (Lipinski definition) is 3. The Morgan fingerprint density at radius 2 is 1.95 bits per heavy atom. The fourth-order valence-corrected chi connectivity index (χ4v) is 3.38. The van der Waals surface area contributed by atoms with E-state index in [2.05, 4.69) is 55.0 Å². The normalized spacial score (nSPS) is 11.5. The number of thiophene rings is 1. The average Bonchev–Trinajstić information content (AvgIpc) is 2.95. The standard InChI is InChI=1S/C17H17ClN2S/c1-4-12-6-8-15(21-12)17-19-14-7-5-11(10(2)3)9-13(14)16(18)20-17/h5-10H,4H2,1-3H3. The molecule has 0 saturated carbocycles. The maximum atomic E-state index is 6.38. The summed E-state index contributed by atoms with van der Waals surface area (Å²) in [6.07, 6.45) is 1.03. The number of benzene rings is 1. The smallest absolute Gasteiger partial charge is 0.171 e. The molecule has 0 saturated heterocycles. The average molecular weight is 317 g/mol. The van der Waals surface area contributed by atoms with Crippen LogP contribution in [0.4, 0.5) is 0 Å². The Morgan fingerprint density at radius 3 is 2.62 bits per heavy atom. The van der Waals surface area contributed by atoms with E-state index in [1.165, 1.54) is 10.4 Å². The van der Waals surface area contributed by atoms with E-state index < -0.39 is 0 Å². The van der Waals surface area contributed by atoms with Crippen molar-refractivity contribution in [1.82, 2.24) is 9.97 Å². The first-order valence-electron chi connectivity index (χ1n) is 7.14. The number of aryl methyl sites for hydroxylation is 1. The molecule has 0 aliphatic heterocycles. The van der Waals surface area contributed by atoms with Crippen LogP contribution in [0.3, 0.4) is 0 Å². The predicted molar refractivity (Wildman–Crippen MR) is 91.3 cm³/mol. The maximum Gasteiger partial charge on any atom is 0.171 e. The first kappa shape index (κ1) is 14.5. The molecule has 0 amide bonds. The number of hydrogen-bond donors (Lipinski definition) is 0. The van der Waals surface area contributed by atoms with Crippen LogP contribution in [0.25, 0.3) is 21.6 Å². The minimum absolute atomic E-state index is 0.467. The summed E-state index contributed by atoms with van der Waals surface area (Å²) in [4.78, 5) is 11.6. The Kier molecular flexibility index (Phi) is 3.96. The molecule has 21 heavy (non-hydrogen) atoms. The fourth-order valence-electron chi connectivity index (χ4n) is 2.27. The van der Waals surface area contributed by atoms with E-state index in [0.29, 0.717) is 11.1 Å². The Labute approximate surface area is 133 Å². The van der Waals surface area contributed by atoms with Crippen LogP contribution in [-0.2, 0) is 6.42 Å². The Bertz CT molecular complexity index is 793. The lowest BCUT2D eigenvalue weighted by molar-refractivity contribution is 0.868.